The molecule has 0 bridgehead atoms. The number of aliphatic hydroxyl groups excluding tert-OH is 1. The number of benzene rings is 2. The molecule has 0 spiro atoms. The molecule has 26 heavy (non-hydrogen) atoms. The Morgan fingerprint density at radius 2 is 1.96 bits per heavy atom. The monoisotopic (exact) mass is 387 g/mol. The quantitative estimate of drug-likeness (QED) is 0.666. The molecule has 134 valence electrons. The zero-order valence-electron chi connectivity index (χ0n) is 14.3. The molecule has 3 aromatic rings. The highest BCUT2D eigenvalue weighted by Crippen LogP contribution is 2.45. The van der Waals surface area contributed by atoms with E-state index in [1.165, 1.54) is 18.4 Å². The molecule has 2 heterocycles. The summed E-state index contributed by atoms with van der Waals surface area (Å²) < 4.78 is 2.24. The van der Waals surface area contributed by atoms with E-state index in [-0.39, 0.29) is 6.61 Å². The lowest BCUT2D eigenvalue weighted by Gasteiger charge is -2.30. The maximum Gasteiger partial charge on any atom is 0.211 e. The highest BCUT2D eigenvalue weighted by Gasteiger charge is 2.31. The van der Waals surface area contributed by atoms with Crippen molar-refractivity contribution in [1.82, 2.24) is 9.55 Å². The molecular weight excluding hydrogens is 369 g/mol. The second-order valence-corrected chi connectivity index (χ2v) is 7.95. The van der Waals surface area contributed by atoms with Crippen LogP contribution in [0.5, 0.6) is 0 Å². The number of aryl methyl sites for hydroxylation is 1. The Bertz CT molecular complexity index is 1010. The number of imidazole rings is 1. The maximum atomic E-state index is 9.87. The first-order chi connectivity index (χ1) is 12.7. The minimum Gasteiger partial charge on any atom is -0.392 e. The van der Waals surface area contributed by atoms with Crippen LogP contribution in [0.3, 0.4) is 0 Å². The van der Waals surface area contributed by atoms with E-state index in [9.17, 15) is 5.11 Å². The molecule has 4 nitrogen and oxygen atoms in total. The van der Waals surface area contributed by atoms with E-state index in [0.717, 1.165) is 47.7 Å². The predicted molar refractivity (Wildman–Crippen MR) is 106 cm³/mol. The van der Waals surface area contributed by atoms with E-state index in [2.05, 4.69) is 21.6 Å². The van der Waals surface area contributed by atoms with Crippen molar-refractivity contribution in [3.05, 3.63) is 51.5 Å². The predicted octanol–water partition coefficient (Wildman–Crippen LogP) is 5.25. The summed E-state index contributed by atoms with van der Waals surface area (Å²) in [6.07, 6.45) is 3.45. The number of anilines is 2. The second-order valence-electron chi connectivity index (χ2n) is 7.11. The van der Waals surface area contributed by atoms with Gasteiger partial charge >= 0.3 is 0 Å². The van der Waals surface area contributed by atoms with Gasteiger partial charge in [-0.3, -0.25) is 0 Å². The van der Waals surface area contributed by atoms with E-state index >= 15 is 0 Å². The Morgan fingerprint density at radius 3 is 2.69 bits per heavy atom. The van der Waals surface area contributed by atoms with E-state index in [0.29, 0.717) is 16.0 Å². The molecule has 5 rings (SSSR count). The van der Waals surface area contributed by atoms with Crippen molar-refractivity contribution in [1.29, 1.82) is 0 Å². The summed E-state index contributed by atoms with van der Waals surface area (Å²) in [6.45, 7) is 1.78. The summed E-state index contributed by atoms with van der Waals surface area (Å²) in [5.41, 5.74) is 5.27. The van der Waals surface area contributed by atoms with Crippen LogP contribution in [0.2, 0.25) is 10.0 Å². The largest absolute Gasteiger partial charge is 0.392 e. The third-order valence-corrected chi connectivity index (χ3v) is 5.92. The van der Waals surface area contributed by atoms with Crippen molar-refractivity contribution in [3.8, 4) is 0 Å². The molecule has 1 aliphatic heterocycles. The van der Waals surface area contributed by atoms with Gasteiger partial charge in [0, 0.05) is 23.7 Å². The number of nitrogens with zero attached hydrogens (tertiary/aromatic N) is 3. The molecule has 0 amide bonds. The van der Waals surface area contributed by atoms with Gasteiger partial charge in [0.25, 0.3) is 0 Å². The van der Waals surface area contributed by atoms with Crippen molar-refractivity contribution >= 4 is 45.9 Å². The first-order valence-corrected chi connectivity index (χ1v) is 9.78. The van der Waals surface area contributed by atoms with Crippen molar-refractivity contribution in [2.24, 2.45) is 0 Å². The molecule has 1 aromatic heterocycles. The molecule has 0 radical (unpaired) electrons. The number of rotatable bonds is 3. The summed E-state index contributed by atoms with van der Waals surface area (Å²) >= 11 is 12.5. The molecule has 2 aromatic carbocycles. The SMILES string of the molecule is OCc1ccc(C2CC2)c2nc3n(c12)CCCN3c1ccc(Cl)cc1Cl. The smallest absolute Gasteiger partial charge is 0.211 e. The Balaban J connectivity index is 1.73. The number of halogens is 2. The van der Waals surface area contributed by atoms with Gasteiger partial charge in [0.2, 0.25) is 5.95 Å². The van der Waals surface area contributed by atoms with Gasteiger partial charge in [-0.2, -0.15) is 0 Å². The number of aromatic nitrogens is 2. The maximum absolute atomic E-state index is 9.87. The van der Waals surface area contributed by atoms with Crippen LogP contribution in [-0.4, -0.2) is 21.2 Å². The van der Waals surface area contributed by atoms with Crippen LogP contribution in [0.4, 0.5) is 11.6 Å². The fraction of sp³-hybridized carbons (Fsp3) is 0.350. The fourth-order valence-electron chi connectivity index (χ4n) is 4.00. The van der Waals surface area contributed by atoms with Crippen LogP contribution in [0.1, 0.15) is 36.3 Å². The van der Waals surface area contributed by atoms with E-state index < -0.39 is 0 Å². The van der Waals surface area contributed by atoms with Crippen molar-refractivity contribution < 1.29 is 5.11 Å². The number of hydrogen-bond donors (Lipinski definition) is 1. The molecular formula is C20H19Cl2N3O. The van der Waals surface area contributed by atoms with Crippen LogP contribution in [0.25, 0.3) is 11.0 Å². The Hall–Kier alpha value is -1.75. The molecule has 2 aliphatic rings. The molecule has 6 heteroatoms. The standard InChI is InChI=1S/C20H19Cl2N3O/c21-14-5-7-17(16(22)10-14)24-8-1-9-25-19-13(11-26)4-6-15(12-2-3-12)18(19)23-20(24)25/h4-7,10,12,26H,1-3,8-9,11H2. The molecule has 1 fully saturated rings. The second kappa shape index (κ2) is 6.15. The zero-order chi connectivity index (χ0) is 17.8. The van der Waals surface area contributed by atoms with Gasteiger partial charge in [0.05, 0.1) is 28.4 Å². The van der Waals surface area contributed by atoms with Crippen LogP contribution < -0.4 is 4.90 Å². The van der Waals surface area contributed by atoms with Gasteiger partial charge in [0.1, 0.15) is 0 Å². The molecule has 1 aliphatic carbocycles. The van der Waals surface area contributed by atoms with Gasteiger partial charge in [-0.15, -0.1) is 0 Å². The van der Waals surface area contributed by atoms with Crippen LogP contribution in [0.15, 0.2) is 30.3 Å². The van der Waals surface area contributed by atoms with E-state index in [1.54, 1.807) is 6.07 Å². The summed E-state index contributed by atoms with van der Waals surface area (Å²) in [5, 5.41) is 11.1. The summed E-state index contributed by atoms with van der Waals surface area (Å²) in [6, 6.07) is 9.78. The zero-order valence-corrected chi connectivity index (χ0v) is 15.8. The van der Waals surface area contributed by atoms with Gasteiger partial charge in [-0.05, 0) is 48.9 Å². The van der Waals surface area contributed by atoms with Crippen LogP contribution >= 0.6 is 23.2 Å². The summed E-state index contributed by atoms with van der Waals surface area (Å²) in [7, 11) is 0. The third-order valence-electron chi connectivity index (χ3n) is 5.38. The third kappa shape index (κ3) is 2.51. The highest BCUT2D eigenvalue weighted by molar-refractivity contribution is 6.36. The molecule has 0 saturated heterocycles. The lowest BCUT2D eigenvalue weighted by atomic mass is 10.1. The van der Waals surface area contributed by atoms with Gasteiger partial charge in [0.15, 0.2) is 0 Å². The Kier molecular flexibility index (Phi) is 3.89. The summed E-state index contributed by atoms with van der Waals surface area (Å²) in [5.74, 6) is 1.51. The fourth-order valence-corrected chi connectivity index (χ4v) is 4.51. The minimum atomic E-state index is 0.0221. The van der Waals surface area contributed by atoms with Crippen molar-refractivity contribution in [2.45, 2.75) is 38.3 Å². The van der Waals surface area contributed by atoms with Crippen molar-refractivity contribution in [2.75, 3.05) is 11.4 Å². The molecule has 0 atom stereocenters. The van der Waals surface area contributed by atoms with Crippen LogP contribution in [-0.2, 0) is 13.2 Å². The van der Waals surface area contributed by atoms with Crippen LogP contribution in [0, 0.1) is 0 Å². The highest BCUT2D eigenvalue weighted by atomic mass is 35.5. The van der Waals surface area contributed by atoms with Gasteiger partial charge < -0.3 is 14.6 Å². The van der Waals surface area contributed by atoms with E-state index in [4.69, 9.17) is 28.2 Å². The first kappa shape index (κ1) is 16.4. The minimum absolute atomic E-state index is 0.0221. The average Bonchev–Trinajstić information content (AvgIpc) is 3.40. The molecule has 1 saturated carbocycles. The molecule has 1 N–H and O–H groups in total. The summed E-state index contributed by atoms with van der Waals surface area (Å²) in [4.78, 5) is 7.20. The van der Waals surface area contributed by atoms with Crippen molar-refractivity contribution in [3.63, 3.8) is 0 Å². The lowest BCUT2D eigenvalue weighted by molar-refractivity contribution is 0.283. The molecule has 0 unspecified atom stereocenters. The topological polar surface area (TPSA) is 41.3 Å². The average molecular weight is 388 g/mol. The van der Waals surface area contributed by atoms with Gasteiger partial charge in [-0.25, -0.2) is 4.98 Å². The van der Waals surface area contributed by atoms with Gasteiger partial charge in [-0.1, -0.05) is 35.3 Å². The Morgan fingerprint density at radius 1 is 1.12 bits per heavy atom. The number of fused-ring (bicyclic) bond motifs is 3. The van der Waals surface area contributed by atoms with E-state index in [1.807, 2.05) is 12.1 Å². The normalized spacial score (nSPS) is 17.0. The number of aliphatic hydroxyl groups is 1. The lowest BCUT2D eigenvalue weighted by Crippen LogP contribution is -2.28. The number of hydrogen-bond acceptors (Lipinski definition) is 3. The Labute approximate surface area is 162 Å². The first-order valence-electron chi connectivity index (χ1n) is 9.03.